The standard InChI is InChI=1S/C41H40ClF3N8O5/c1-39(2,23-47-34(55)35(56)48-30-15-7-25(8-16-30)27-5-4-6-32(21-27)57-3)22-46-33(54)26-9-17-31(18-10-26)49-36-50-37(52-38(51-36)58-24-41(43,44)45)53-40(19-20-40)28-11-13-29(42)14-12-28/h4-18,21H,19-20,22-24H2,1-3H3,(H,46,54)(H,47,55)(H,48,56)(H2,49,50,51,52,53). The molecule has 13 nitrogen and oxygen atoms in total. The number of benzene rings is 4. The first-order valence-corrected chi connectivity index (χ1v) is 18.5. The molecule has 0 unspecified atom stereocenters. The van der Waals surface area contributed by atoms with E-state index >= 15 is 0 Å². The van der Waals surface area contributed by atoms with Gasteiger partial charge in [-0.1, -0.05) is 61.8 Å². The van der Waals surface area contributed by atoms with Crippen molar-refractivity contribution < 1.29 is 37.0 Å². The quantitative estimate of drug-likeness (QED) is 0.0668. The van der Waals surface area contributed by atoms with Gasteiger partial charge in [0.1, 0.15) is 5.75 Å². The zero-order valence-corrected chi connectivity index (χ0v) is 32.4. The van der Waals surface area contributed by atoms with Gasteiger partial charge in [0.2, 0.25) is 11.9 Å². The first-order valence-electron chi connectivity index (χ1n) is 18.1. The van der Waals surface area contributed by atoms with Gasteiger partial charge in [-0.15, -0.1) is 0 Å². The van der Waals surface area contributed by atoms with E-state index in [1.54, 1.807) is 55.6 Å². The molecule has 5 N–H and O–H groups in total. The maximum absolute atomic E-state index is 13.0. The lowest BCUT2D eigenvalue weighted by Crippen LogP contribution is -2.44. The molecule has 0 aliphatic heterocycles. The smallest absolute Gasteiger partial charge is 0.422 e. The van der Waals surface area contributed by atoms with E-state index in [-0.39, 0.29) is 25.0 Å². The Kier molecular flexibility index (Phi) is 12.4. The lowest BCUT2D eigenvalue weighted by Gasteiger charge is -2.25. The van der Waals surface area contributed by atoms with E-state index in [1.165, 1.54) is 0 Å². The highest BCUT2D eigenvalue weighted by Gasteiger charge is 2.45. The largest absolute Gasteiger partial charge is 0.497 e. The number of ether oxygens (including phenoxy) is 2. The number of hydrogen-bond donors (Lipinski definition) is 5. The van der Waals surface area contributed by atoms with Crippen LogP contribution in [0.4, 0.5) is 36.4 Å². The minimum absolute atomic E-state index is 0.00769. The van der Waals surface area contributed by atoms with E-state index in [0.29, 0.717) is 22.0 Å². The van der Waals surface area contributed by atoms with E-state index in [0.717, 1.165) is 35.3 Å². The minimum atomic E-state index is -4.61. The van der Waals surface area contributed by atoms with Gasteiger partial charge in [0.05, 0.1) is 12.6 Å². The van der Waals surface area contributed by atoms with Crippen molar-refractivity contribution in [1.29, 1.82) is 0 Å². The zero-order chi connectivity index (χ0) is 41.5. The van der Waals surface area contributed by atoms with E-state index in [1.807, 2.05) is 62.4 Å². The van der Waals surface area contributed by atoms with Crippen molar-refractivity contribution in [3.63, 3.8) is 0 Å². The number of anilines is 4. The fraction of sp³-hybridized carbons (Fsp3) is 0.268. The average molecular weight is 817 g/mol. The van der Waals surface area contributed by atoms with Crippen LogP contribution in [0.15, 0.2) is 97.1 Å². The summed E-state index contributed by atoms with van der Waals surface area (Å²) in [5.41, 5.74) is 2.80. The number of methoxy groups -OCH3 is 1. The summed E-state index contributed by atoms with van der Waals surface area (Å²) in [6.45, 7) is 2.30. The van der Waals surface area contributed by atoms with E-state index in [2.05, 4.69) is 41.5 Å². The molecule has 302 valence electrons. The molecule has 1 saturated carbocycles. The van der Waals surface area contributed by atoms with Crippen LogP contribution in [0.1, 0.15) is 42.6 Å². The first kappa shape index (κ1) is 41.2. The maximum atomic E-state index is 13.0. The van der Waals surface area contributed by atoms with Crippen LogP contribution in [-0.2, 0) is 15.1 Å². The molecule has 0 bridgehead atoms. The summed E-state index contributed by atoms with van der Waals surface area (Å²) < 4.78 is 49.1. The van der Waals surface area contributed by atoms with Crippen LogP contribution >= 0.6 is 11.6 Å². The molecule has 1 aliphatic carbocycles. The topological polar surface area (TPSA) is 168 Å². The highest BCUT2D eigenvalue weighted by atomic mass is 35.5. The first-order chi connectivity index (χ1) is 27.6. The Morgan fingerprint density at radius 1 is 0.776 bits per heavy atom. The third-order valence-corrected chi connectivity index (χ3v) is 9.34. The Morgan fingerprint density at radius 2 is 1.43 bits per heavy atom. The highest BCUT2D eigenvalue weighted by Crippen LogP contribution is 2.48. The van der Waals surface area contributed by atoms with Crippen molar-refractivity contribution in [3.8, 4) is 22.9 Å². The maximum Gasteiger partial charge on any atom is 0.422 e. The molecule has 0 radical (unpaired) electrons. The summed E-state index contributed by atoms with van der Waals surface area (Å²) >= 11 is 6.04. The molecule has 0 saturated heterocycles. The lowest BCUT2D eigenvalue weighted by molar-refractivity contribution is -0.154. The van der Waals surface area contributed by atoms with Crippen molar-refractivity contribution in [1.82, 2.24) is 25.6 Å². The zero-order valence-electron chi connectivity index (χ0n) is 31.7. The highest BCUT2D eigenvalue weighted by molar-refractivity contribution is 6.39. The molecule has 1 heterocycles. The average Bonchev–Trinajstić information content (AvgIpc) is 3.99. The van der Waals surface area contributed by atoms with Gasteiger partial charge >= 0.3 is 24.0 Å². The second kappa shape index (κ2) is 17.4. The molecule has 17 heteroatoms. The van der Waals surface area contributed by atoms with Crippen LogP contribution in [0, 0.1) is 5.41 Å². The van der Waals surface area contributed by atoms with Crippen LogP contribution < -0.4 is 36.1 Å². The summed E-state index contributed by atoms with van der Waals surface area (Å²) in [7, 11) is 1.59. The summed E-state index contributed by atoms with van der Waals surface area (Å²) in [5.74, 6) is -1.41. The fourth-order valence-electron chi connectivity index (χ4n) is 5.73. The van der Waals surface area contributed by atoms with Crippen molar-refractivity contribution in [3.05, 3.63) is 113 Å². The van der Waals surface area contributed by atoms with Gasteiger partial charge in [-0.05, 0) is 95.6 Å². The predicted octanol–water partition coefficient (Wildman–Crippen LogP) is 7.50. The fourth-order valence-corrected chi connectivity index (χ4v) is 5.85. The molecule has 1 aliphatic rings. The lowest BCUT2D eigenvalue weighted by atomic mass is 9.93. The van der Waals surface area contributed by atoms with Gasteiger partial charge in [-0.3, -0.25) is 14.4 Å². The van der Waals surface area contributed by atoms with Crippen molar-refractivity contribution in [2.75, 3.05) is 42.8 Å². The van der Waals surface area contributed by atoms with Gasteiger partial charge in [-0.25, -0.2) is 0 Å². The number of rotatable bonds is 15. The Morgan fingerprint density at radius 3 is 2.09 bits per heavy atom. The number of amides is 3. The second-order valence-corrected chi connectivity index (χ2v) is 14.8. The summed E-state index contributed by atoms with van der Waals surface area (Å²) in [4.78, 5) is 50.7. The molecule has 0 spiro atoms. The molecule has 1 fully saturated rings. The van der Waals surface area contributed by atoms with Crippen LogP contribution in [0.3, 0.4) is 0 Å². The predicted molar refractivity (Wildman–Crippen MR) is 213 cm³/mol. The molecule has 4 aromatic carbocycles. The van der Waals surface area contributed by atoms with E-state index < -0.39 is 47.5 Å². The summed E-state index contributed by atoms with van der Waals surface area (Å²) in [6, 6.07) is 27.5. The van der Waals surface area contributed by atoms with E-state index in [9.17, 15) is 27.6 Å². The number of carbonyl (C=O) groups excluding carboxylic acids is 3. The molecular formula is C41H40ClF3N8O5. The second-order valence-electron chi connectivity index (χ2n) is 14.4. The molecule has 58 heavy (non-hydrogen) atoms. The van der Waals surface area contributed by atoms with Crippen LogP contribution in [0.2, 0.25) is 5.02 Å². The number of nitrogens with one attached hydrogen (secondary N) is 5. The van der Waals surface area contributed by atoms with E-state index in [4.69, 9.17) is 21.1 Å². The third kappa shape index (κ3) is 11.3. The minimum Gasteiger partial charge on any atom is -0.497 e. The summed E-state index contributed by atoms with van der Waals surface area (Å²) in [5, 5.41) is 14.8. The normalized spacial score (nSPS) is 13.2. The Bertz CT molecular complexity index is 2250. The Hall–Kier alpha value is -6.42. The Balaban J connectivity index is 1.00. The molecule has 5 aromatic rings. The van der Waals surface area contributed by atoms with Crippen molar-refractivity contribution in [2.45, 2.75) is 38.4 Å². The monoisotopic (exact) mass is 816 g/mol. The third-order valence-electron chi connectivity index (χ3n) is 9.09. The number of nitrogens with zero attached hydrogens (tertiary/aromatic N) is 3. The van der Waals surface area contributed by atoms with Crippen LogP contribution in [0.5, 0.6) is 11.8 Å². The van der Waals surface area contributed by atoms with Crippen molar-refractivity contribution >= 4 is 52.6 Å². The van der Waals surface area contributed by atoms with Gasteiger partial charge in [0.25, 0.3) is 5.91 Å². The molecule has 1 aromatic heterocycles. The van der Waals surface area contributed by atoms with Crippen molar-refractivity contribution in [2.24, 2.45) is 5.41 Å². The number of carbonyl (C=O) groups is 3. The molecule has 3 amide bonds. The number of alkyl halides is 3. The molecule has 6 rings (SSSR count). The van der Waals surface area contributed by atoms with Gasteiger partial charge in [-0.2, -0.15) is 28.1 Å². The molecule has 0 atom stereocenters. The van der Waals surface area contributed by atoms with Gasteiger partial charge in [0, 0.05) is 35.1 Å². The number of aromatic nitrogens is 3. The number of halogens is 4. The van der Waals surface area contributed by atoms with Gasteiger partial charge in [0.15, 0.2) is 6.61 Å². The van der Waals surface area contributed by atoms with Crippen LogP contribution in [-0.4, -0.2) is 65.7 Å². The summed E-state index contributed by atoms with van der Waals surface area (Å²) in [6.07, 6.45) is -3.15. The number of hydrogen-bond acceptors (Lipinski definition) is 10. The molecular weight excluding hydrogens is 777 g/mol. The van der Waals surface area contributed by atoms with Gasteiger partial charge < -0.3 is 36.1 Å². The SMILES string of the molecule is COc1cccc(-c2ccc(NC(=O)C(=O)NCC(C)(C)CNC(=O)c3ccc(Nc4nc(NC5(c6ccc(Cl)cc6)CC5)nc(OCC(F)(F)F)n4)cc3)cc2)c1. The Labute approximate surface area is 337 Å². The van der Waals surface area contributed by atoms with Crippen LogP contribution in [0.25, 0.3) is 11.1 Å².